The Hall–Kier alpha value is -0.870. The Balaban J connectivity index is 2.31. The van der Waals surface area contributed by atoms with E-state index in [0.717, 1.165) is 17.9 Å². The van der Waals surface area contributed by atoms with Crippen LogP contribution < -0.4 is 4.74 Å². The predicted molar refractivity (Wildman–Crippen MR) is 92.2 cm³/mol. The monoisotopic (exact) mass is 341 g/mol. The molecule has 0 saturated heterocycles. The molecule has 0 aliphatic rings. The molecule has 0 saturated carbocycles. The van der Waals surface area contributed by atoms with Crippen molar-refractivity contribution in [2.24, 2.45) is 0 Å². The first-order chi connectivity index (χ1) is 9.99. The van der Waals surface area contributed by atoms with Crippen LogP contribution in [-0.4, -0.2) is 25.3 Å². The van der Waals surface area contributed by atoms with Crippen LogP contribution in [0.1, 0.15) is 5.56 Å². The smallest absolute Gasteiger partial charge is 0.132 e. The molecule has 0 aromatic heterocycles. The first-order valence-electron chi connectivity index (χ1n) is 6.44. The van der Waals surface area contributed by atoms with E-state index in [1.807, 2.05) is 26.2 Å². The number of nitrogens with zero attached hydrogens (tertiary/aromatic N) is 1. The normalized spacial score (nSPS) is 11.0. The summed E-state index contributed by atoms with van der Waals surface area (Å²) >= 11 is 13.7. The molecule has 0 radical (unpaired) electrons. The lowest BCUT2D eigenvalue weighted by molar-refractivity contribution is 0.388. The number of hydrogen-bond donors (Lipinski definition) is 0. The van der Waals surface area contributed by atoms with Crippen LogP contribution in [0.15, 0.2) is 41.3 Å². The molecule has 21 heavy (non-hydrogen) atoms. The topological polar surface area (TPSA) is 12.5 Å². The summed E-state index contributed by atoms with van der Waals surface area (Å²) in [5.74, 6) is 1.51. The second kappa shape index (κ2) is 7.41. The van der Waals surface area contributed by atoms with Crippen molar-refractivity contribution < 1.29 is 4.74 Å². The fourth-order valence-electron chi connectivity index (χ4n) is 1.91. The molecule has 0 aliphatic carbocycles. The Morgan fingerprint density at radius 3 is 2.43 bits per heavy atom. The van der Waals surface area contributed by atoms with Crippen molar-refractivity contribution in [2.75, 3.05) is 20.4 Å². The van der Waals surface area contributed by atoms with Crippen LogP contribution >= 0.6 is 35.0 Å². The van der Waals surface area contributed by atoms with Gasteiger partial charge in [-0.1, -0.05) is 23.2 Å². The van der Waals surface area contributed by atoms with Gasteiger partial charge in [-0.05, 0) is 50.7 Å². The second-order valence-electron chi connectivity index (χ2n) is 4.89. The zero-order chi connectivity index (χ0) is 15.4. The van der Waals surface area contributed by atoms with Gasteiger partial charge >= 0.3 is 0 Å². The van der Waals surface area contributed by atoms with Crippen LogP contribution in [0.25, 0.3) is 0 Å². The first kappa shape index (κ1) is 16.5. The molecular formula is C16H17Cl2NOS. The van der Waals surface area contributed by atoms with E-state index in [2.05, 4.69) is 23.3 Å². The zero-order valence-corrected chi connectivity index (χ0v) is 14.5. The summed E-state index contributed by atoms with van der Waals surface area (Å²) < 4.78 is 5.97. The van der Waals surface area contributed by atoms with Crippen molar-refractivity contribution in [1.29, 1.82) is 0 Å². The minimum Gasteiger partial charge on any atom is -0.457 e. The summed E-state index contributed by atoms with van der Waals surface area (Å²) in [6, 6.07) is 11.5. The molecule has 2 aromatic carbocycles. The van der Waals surface area contributed by atoms with E-state index in [9.17, 15) is 0 Å². The third-order valence-corrected chi connectivity index (χ3v) is 4.34. The molecule has 0 unspecified atom stereocenters. The van der Waals surface area contributed by atoms with Crippen LogP contribution in [0.5, 0.6) is 11.5 Å². The van der Waals surface area contributed by atoms with E-state index in [-0.39, 0.29) is 0 Å². The minimum absolute atomic E-state index is 0.490. The summed E-state index contributed by atoms with van der Waals surface area (Å²) in [6.45, 7) is 0.811. The van der Waals surface area contributed by atoms with Crippen molar-refractivity contribution in [2.45, 2.75) is 11.4 Å². The van der Waals surface area contributed by atoms with Gasteiger partial charge in [0.25, 0.3) is 0 Å². The Morgan fingerprint density at radius 1 is 1.05 bits per heavy atom. The number of rotatable bonds is 5. The van der Waals surface area contributed by atoms with Gasteiger partial charge in [0.15, 0.2) is 0 Å². The highest BCUT2D eigenvalue weighted by Gasteiger charge is 2.09. The van der Waals surface area contributed by atoms with Gasteiger partial charge in [0.05, 0.1) is 10.0 Å². The largest absolute Gasteiger partial charge is 0.457 e. The highest BCUT2D eigenvalue weighted by atomic mass is 35.5. The van der Waals surface area contributed by atoms with Gasteiger partial charge in [-0.3, -0.25) is 0 Å². The first-order valence-corrected chi connectivity index (χ1v) is 8.42. The maximum absolute atomic E-state index is 6.03. The van der Waals surface area contributed by atoms with E-state index >= 15 is 0 Å². The van der Waals surface area contributed by atoms with E-state index in [0.29, 0.717) is 15.8 Å². The summed E-state index contributed by atoms with van der Waals surface area (Å²) in [4.78, 5) is 3.33. The Bertz CT molecular complexity index is 632. The summed E-state index contributed by atoms with van der Waals surface area (Å²) in [5, 5.41) is 1.01. The van der Waals surface area contributed by atoms with Crippen LogP contribution in [0.2, 0.25) is 10.0 Å². The van der Waals surface area contributed by atoms with Gasteiger partial charge in [0, 0.05) is 23.1 Å². The highest BCUT2D eigenvalue weighted by molar-refractivity contribution is 7.98. The molecule has 5 heteroatoms. The summed E-state index contributed by atoms with van der Waals surface area (Å²) in [6.07, 6.45) is 2.06. The molecule has 0 N–H and O–H groups in total. The number of ether oxygens (including phenoxy) is 1. The lowest BCUT2D eigenvalue weighted by Gasteiger charge is -2.16. The summed E-state index contributed by atoms with van der Waals surface area (Å²) in [7, 11) is 4.07. The third-order valence-electron chi connectivity index (χ3n) is 2.87. The van der Waals surface area contributed by atoms with E-state index in [1.165, 1.54) is 4.90 Å². The fraction of sp³-hybridized carbons (Fsp3) is 0.250. The number of hydrogen-bond acceptors (Lipinski definition) is 3. The molecule has 0 heterocycles. The second-order valence-corrected chi connectivity index (χ2v) is 6.58. The van der Waals surface area contributed by atoms with Crippen LogP contribution in [0.3, 0.4) is 0 Å². The van der Waals surface area contributed by atoms with Gasteiger partial charge in [-0.2, -0.15) is 0 Å². The number of benzene rings is 2. The average molecular weight is 342 g/mol. The van der Waals surface area contributed by atoms with Gasteiger partial charge in [-0.15, -0.1) is 11.8 Å². The number of thioether (sulfide) groups is 1. The molecule has 2 rings (SSSR count). The highest BCUT2D eigenvalue weighted by Crippen LogP contribution is 2.32. The molecule has 0 aliphatic heterocycles. The van der Waals surface area contributed by atoms with Crippen molar-refractivity contribution in [3.8, 4) is 11.5 Å². The van der Waals surface area contributed by atoms with E-state index in [4.69, 9.17) is 27.9 Å². The maximum atomic E-state index is 6.03. The molecule has 0 spiro atoms. The van der Waals surface area contributed by atoms with Crippen LogP contribution in [0, 0.1) is 0 Å². The van der Waals surface area contributed by atoms with Gasteiger partial charge in [-0.25, -0.2) is 0 Å². The van der Waals surface area contributed by atoms with Gasteiger partial charge in [0.1, 0.15) is 11.5 Å². The lowest BCUT2D eigenvalue weighted by Crippen LogP contribution is -2.11. The molecule has 0 amide bonds. The SMILES string of the molecule is CSc1ccc(Oc2ccc(Cl)c(Cl)c2)c(CN(C)C)c1. The quantitative estimate of drug-likeness (QED) is 0.659. The average Bonchev–Trinajstić information content (AvgIpc) is 2.44. The Morgan fingerprint density at radius 2 is 1.81 bits per heavy atom. The zero-order valence-electron chi connectivity index (χ0n) is 12.2. The predicted octanol–water partition coefficient (Wildman–Crippen LogP) is 5.57. The van der Waals surface area contributed by atoms with Crippen molar-refractivity contribution in [3.63, 3.8) is 0 Å². The van der Waals surface area contributed by atoms with Crippen molar-refractivity contribution in [3.05, 3.63) is 52.0 Å². The molecule has 0 atom stereocenters. The molecule has 0 fully saturated rings. The van der Waals surface area contributed by atoms with Gasteiger partial charge in [0.2, 0.25) is 0 Å². The van der Waals surface area contributed by atoms with Crippen molar-refractivity contribution in [1.82, 2.24) is 4.90 Å². The third kappa shape index (κ3) is 4.55. The minimum atomic E-state index is 0.490. The maximum Gasteiger partial charge on any atom is 0.132 e. The fourth-order valence-corrected chi connectivity index (χ4v) is 2.67. The molecule has 2 nitrogen and oxygen atoms in total. The van der Waals surface area contributed by atoms with Crippen molar-refractivity contribution >= 4 is 35.0 Å². The molecule has 2 aromatic rings. The summed E-state index contributed by atoms with van der Waals surface area (Å²) in [5.41, 5.74) is 1.14. The Labute approximate surface area is 140 Å². The van der Waals surface area contributed by atoms with Crippen LogP contribution in [0.4, 0.5) is 0 Å². The van der Waals surface area contributed by atoms with E-state index in [1.54, 1.807) is 23.9 Å². The van der Waals surface area contributed by atoms with Crippen LogP contribution in [-0.2, 0) is 6.54 Å². The molecule has 112 valence electrons. The number of halogens is 2. The molecule has 0 bridgehead atoms. The Kier molecular flexibility index (Phi) is 5.82. The molecular weight excluding hydrogens is 325 g/mol. The van der Waals surface area contributed by atoms with E-state index < -0.39 is 0 Å². The van der Waals surface area contributed by atoms with Gasteiger partial charge < -0.3 is 9.64 Å². The lowest BCUT2D eigenvalue weighted by atomic mass is 10.2. The standard InChI is InChI=1S/C16H17Cl2NOS/c1-19(2)10-11-8-13(21-3)5-7-16(11)20-12-4-6-14(17)15(18)9-12/h4-9H,10H2,1-3H3.